The normalized spacial score (nSPS) is 24.5. The Labute approximate surface area is 87.1 Å². The van der Waals surface area contributed by atoms with Gasteiger partial charge in [0, 0.05) is 12.5 Å². The van der Waals surface area contributed by atoms with Crippen molar-refractivity contribution < 1.29 is 19.3 Å². The third-order valence-corrected chi connectivity index (χ3v) is 2.74. The van der Waals surface area contributed by atoms with Crippen molar-refractivity contribution in [2.24, 2.45) is 5.92 Å². The topological polar surface area (TPSA) is 49.7 Å². The second kappa shape index (κ2) is 4.16. The smallest absolute Gasteiger partial charge is 0.165 e. The molecule has 2 unspecified atom stereocenters. The molecular formula is C11H13FO3. The van der Waals surface area contributed by atoms with Crippen molar-refractivity contribution in [2.45, 2.75) is 12.5 Å². The van der Waals surface area contributed by atoms with Crippen molar-refractivity contribution in [1.82, 2.24) is 0 Å². The number of fused-ring (bicyclic) bond motifs is 1. The van der Waals surface area contributed by atoms with E-state index in [9.17, 15) is 4.39 Å². The number of hydrogen-bond acceptors (Lipinski definition) is 3. The van der Waals surface area contributed by atoms with Crippen molar-refractivity contribution in [2.75, 3.05) is 13.2 Å². The van der Waals surface area contributed by atoms with Crippen LogP contribution in [0.25, 0.3) is 0 Å². The molecule has 0 fully saturated rings. The Morgan fingerprint density at radius 1 is 1.33 bits per heavy atom. The molecular weight excluding hydrogens is 199 g/mol. The zero-order valence-corrected chi connectivity index (χ0v) is 8.19. The molecule has 1 aliphatic rings. The van der Waals surface area contributed by atoms with Crippen LogP contribution in [-0.4, -0.2) is 29.5 Å². The van der Waals surface area contributed by atoms with Gasteiger partial charge in [0.05, 0.1) is 6.61 Å². The summed E-state index contributed by atoms with van der Waals surface area (Å²) in [5, 5.41) is 18.2. The number of para-hydroxylation sites is 1. The summed E-state index contributed by atoms with van der Waals surface area (Å²) < 4.78 is 18.7. The Balaban J connectivity index is 2.33. The van der Waals surface area contributed by atoms with Gasteiger partial charge in [-0.1, -0.05) is 12.1 Å². The van der Waals surface area contributed by atoms with E-state index in [2.05, 4.69) is 0 Å². The summed E-state index contributed by atoms with van der Waals surface area (Å²) in [6, 6.07) is 4.71. The summed E-state index contributed by atoms with van der Waals surface area (Å²) >= 11 is 0. The van der Waals surface area contributed by atoms with E-state index < -0.39 is 11.9 Å². The van der Waals surface area contributed by atoms with E-state index in [0.29, 0.717) is 6.42 Å². The fraction of sp³-hybridized carbons (Fsp3) is 0.455. The Bertz CT molecular complexity index is 354. The average Bonchev–Trinajstić information content (AvgIpc) is 2.28. The van der Waals surface area contributed by atoms with Crippen LogP contribution in [0, 0.1) is 11.7 Å². The number of rotatable bonds is 2. The second-order valence-corrected chi connectivity index (χ2v) is 3.71. The zero-order chi connectivity index (χ0) is 10.8. The molecule has 0 saturated heterocycles. The Kier molecular flexibility index (Phi) is 2.88. The van der Waals surface area contributed by atoms with E-state index in [0.717, 1.165) is 5.56 Å². The van der Waals surface area contributed by atoms with Gasteiger partial charge >= 0.3 is 0 Å². The third-order valence-electron chi connectivity index (χ3n) is 2.74. The molecule has 1 aliphatic heterocycles. The van der Waals surface area contributed by atoms with Crippen LogP contribution >= 0.6 is 0 Å². The van der Waals surface area contributed by atoms with Crippen molar-refractivity contribution in [3.8, 4) is 5.75 Å². The van der Waals surface area contributed by atoms with Crippen LogP contribution in [0.1, 0.15) is 5.56 Å². The number of benzene rings is 1. The molecule has 82 valence electrons. The van der Waals surface area contributed by atoms with Crippen molar-refractivity contribution in [3.63, 3.8) is 0 Å². The number of halogens is 1. The fourth-order valence-electron chi connectivity index (χ4n) is 1.88. The molecule has 1 aromatic rings. The predicted molar refractivity (Wildman–Crippen MR) is 52.2 cm³/mol. The number of ether oxygens (including phenoxy) is 1. The third kappa shape index (κ3) is 1.82. The van der Waals surface area contributed by atoms with Crippen LogP contribution in [-0.2, 0) is 6.42 Å². The second-order valence-electron chi connectivity index (χ2n) is 3.71. The van der Waals surface area contributed by atoms with E-state index in [-0.39, 0.29) is 24.9 Å². The van der Waals surface area contributed by atoms with Crippen LogP contribution in [0.15, 0.2) is 18.2 Å². The van der Waals surface area contributed by atoms with E-state index in [1.807, 2.05) is 0 Å². The lowest BCUT2D eigenvalue weighted by Crippen LogP contribution is -2.38. The maximum absolute atomic E-state index is 13.3. The van der Waals surface area contributed by atoms with Crippen LogP contribution in [0.3, 0.4) is 0 Å². The largest absolute Gasteiger partial charge is 0.484 e. The predicted octanol–water partition coefficient (Wildman–Crippen LogP) is 0.730. The van der Waals surface area contributed by atoms with Gasteiger partial charge in [0.25, 0.3) is 0 Å². The lowest BCUT2D eigenvalue weighted by Gasteiger charge is -2.31. The minimum absolute atomic E-state index is 0.0683. The summed E-state index contributed by atoms with van der Waals surface area (Å²) in [4.78, 5) is 0. The van der Waals surface area contributed by atoms with Crippen molar-refractivity contribution in [1.29, 1.82) is 0 Å². The Morgan fingerprint density at radius 2 is 2.13 bits per heavy atom. The summed E-state index contributed by atoms with van der Waals surface area (Å²) in [6.07, 6.45) is 0.0221. The van der Waals surface area contributed by atoms with Crippen LogP contribution in [0.4, 0.5) is 4.39 Å². The highest BCUT2D eigenvalue weighted by Gasteiger charge is 2.30. The molecule has 0 spiro atoms. The highest BCUT2D eigenvalue weighted by atomic mass is 19.1. The molecule has 2 rings (SSSR count). The maximum atomic E-state index is 13.3. The summed E-state index contributed by atoms with van der Waals surface area (Å²) in [6.45, 7) is -0.278. The summed E-state index contributed by atoms with van der Waals surface area (Å²) in [5.74, 6) is -0.368. The molecule has 4 heteroatoms. The number of hydrogen-bond donors (Lipinski definition) is 2. The molecule has 0 saturated carbocycles. The number of aliphatic hydroxyl groups excluding tert-OH is 2. The molecule has 3 nitrogen and oxygen atoms in total. The standard InChI is InChI=1S/C11H13FO3/c12-9-3-1-2-7-4-8(5-13)10(6-14)15-11(7)9/h1-3,8,10,13-14H,4-6H2. The molecule has 0 aliphatic carbocycles. The first-order valence-corrected chi connectivity index (χ1v) is 4.92. The van der Waals surface area contributed by atoms with E-state index in [4.69, 9.17) is 14.9 Å². The monoisotopic (exact) mass is 212 g/mol. The van der Waals surface area contributed by atoms with Gasteiger partial charge in [-0.25, -0.2) is 4.39 Å². The van der Waals surface area contributed by atoms with Crippen LogP contribution < -0.4 is 4.74 Å². The van der Waals surface area contributed by atoms with E-state index >= 15 is 0 Å². The van der Waals surface area contributed by atoms with Gasteiger partial charge in [-0.2, -0.15) is 0 Å². The molecule has 1 aromatic carbocycles. The van der Waals surface area contributed by atoms with Gasteiger partial charge in [0.2, 0.25) is 0 Å². The first-order valence-electron chi connectivity index (χ1n) is 4.92. The lowest BCUT2D eigenvalue weighted by molar-refractivity contribution is 0.0248. The minimum Gasteiger partial charge on any atom is -0.484 e. The highest BCUT2D eigenvalue weighted by molar-refractivity contribution is 5.37. The molecule has 2 N–H and O–H groups in total. The summed E-state index contributed by atoms with van der Waals surface area (Å²) in [7, 11) is 0. The molecule has 0 radical (unpaired) electrons. The first kappa shape index (κ1) is 10.4. The zero-order valence-electron chi connectivity index (χ0n) is 8.19. The minimum atomic E-state index is -0.514. The van der Waals surface area contributed by atoms with Gasteiger partial charge in [-0.05, 0) is 18.1 Å². The van der Waals surface area contributed by atoms with Gasteiger partial charge in [-0.15, -0.1) is 0 Å². The first-order chi connectivity index (χ1) is 7.26. The van der Waals surface area contributed by atoms with Gasteiger partial charge < -0.3 is 14.9 Å². The average molecular weight is 212 g/mol. The quantitative estimate of drug-likeness (QED) is 0.759. The summed E-state index contributed by atoms with van der Waals surface area (Å²) in [5.41, 5.74) is 0.749. The molecule has 1 heterocycles. The van der Waals surface area contributed by atoms with Crippen molar-refractivity contribution >= 4 is 0 Å². The lowest BCUT2D eigenvalue weighted by atomic mass is 9.91. The van der Waals surface area contributed by atoms with E-state index in [1.165, 1.54) is 6.07 Å². The fourth-order valence-corrected chi connectivity index (χ4v) is 1.88. The molecule has 15 heavy (non-hydrogen) atoms. The molecule has 0 aromatic heterocycles. The highest BCUT2D eigenvalue weighted by Crippen LogP contribution is 2.32. The molecule has 0 bridgehead atoms. The Morgan fingerprint density at radius 3 is 2.80 bits per heavy atom. The van der Waals surface area contributed by atoms with Crippen LogP contribution in [0.5, 0.6) is 5.75 Å². The van der Waals surface area contributed by atoms with Crippen molar-refractivity contribution in [3.05, 3.63) is 29.6 Å². The van der Waals surface area contributed by atoms with Gasteiger partial charge in [0.1, 0.15) is 6.10 Å². The number of aliphatic hydroxyl groups is 2. The molecule has 2 atom stereocenters. The Hall–Kier alpha value is -1.13. The SMILES string of the molecule is OCC1Cc2cccc(F)c2OC1CO. The van der Waals surface area contributed by atoms with Gasteiger partial charge in [0.15, 0.2) is 11.6 Å². The van der Waals surface area contributed by atoms with Crippen LogP contribution in [0.2, 0.25) is 0 Å². The van der Waals surface area contributed by atoms with Gasteiger partial charge in [-0.3, -0.25) is 0 Å². The molecule has 0 amide bonds. The maximum Gasteiger partial charge on any atom is 0.165 e. The van der Waals surface area contributed by atoms with E-state index in [1.54, 1.807) is 12.1 Å².